The van der Waals surface area contributed by atoms with Gasteiger partial charge in [-0.3, -0.25) is 0 Å². The first-order valence-electron chi connectivity index (χ1n) is 7.69. The highest BCUT2D eigenvalue weighted by atomic mass is 79.9. The zero-order valence-corrected chi connectivity index (χ0v) is 15.8. The quantitative estimate of drug-likeness (QED) is 0.714. The van der Waals surface area contributed by atoms with Crippen LogP contribution >= 0.6 is 15.9 Å². The van der Waals surface area contributed by atoms with Crippen molar-refractivity contribution in [3.63, 3.8) is 0 Å². The highest BCUT2D eigenvalue weighted by molar-refractivity contribution is 9.10. The van der Waals surface area contributed by atoms with Gasteiger partial charge in [0.1, 0.15) is 5.82 Å². The molecule has 0 radical (unpaired) electrons. The molecule has 2 rings (SSSR count). The number of nitrogens with zero attached hydrogens (tertiary/aromatic N) is 2. The number of aromatic nitrogens is 2. The molecule has 2 N–H and O–H groups in total. The predicted octanol–water partition coefficient (Wildman–Crippen LogP) is 4.29. The van der Waals surface area contributed by atoms with Crippen LogP contribution in [0.2, 0.25) is 0 Å². The molecule has 1 aromatic carbocycles. The van der Waals surface area contributed by atoms with E-state index >= 15 is 0 Å². The lowest BCUT2D eigenvalue weighted by Gasteiger charge is -2.15. The second kappa shape index (κ2) is 8.10. The number of nitrogens with one attached hydrogen (secondary N) is 2. The molecular formula is C17H21BrN4O2. The summed E-state index contributed by atoms with van der Waals surface area (Å²) < 4.78 is 5.45. The summed E-state index contributed by atoms with van der Waals surface area (Å²) in [6.45, 7) is 6.18. The van der Waals surface area contributed by atoms with Gasteiger partial charge >= 0.3 is 5.97 Å². The number of rotatable bonds is 6. The Kier molecular flexibility index (Phi) is 6.14. The topological polar surface area (TPSA) is 76.1 Å². The van der Waals surface area contributed by atoms with Gasteiger partial charge in [0.15, 0.2) is 0 Å². The van der Waals surface area contributed by atoms with E-state index in [1.807, 2.05) is 13.0 Å². The van der Waals surface area contributed by atoms with Crippen LogP contribution in [0.15, 0.2) is 28.9 Å². The van der Waals surface area contributed by atoms with Crippen LogP contribution in [0.5, 0.6) is 0 Å². The van der Waals surface area contributed by atoms with Crippen molar-refractivity contribution in [3.05, 3.63) is 40.0 Å². The molecule has 24 heavy (non-hydrogen) atoms. The van der Waals surface area contributed by atoms with E-state index in [-0.39, 0.29) is 0 Å². The highest BCUT2D eigenvalue weighted by Crippen LogP contribution is 2.24. The number of methoxy groups -OCH3 is 1. The Morgan fingerprint density at radius 1 is 1.42 bits per heavy atom. The van der Waals surface area contributed by atoms with E-state index in [2.05, 4.69) is 50.4 Å². The van der Waals surface area contributed by atoms with Crippen molar-refractivity contribution in [2.75, 3.05) is 17.7 Å². The van der Waals surface area contributed by atoms with Gasteiger partial charge in [-0.1, -0.05) is 6.92 Å². The Hall–Kier alpha value is -2.15. The van der Waals surface area contributed by atoms with Crippen LogP contribution in [0, 0.1) is 6.92 Å². The summed E-state index contributed by atoms with van der Waals surface area (Å²) in [6, 6.07) is 5.63. The summed E-state index contributed by atoms with van der Waals surface area (Å²) in [4.78, 5) is 20.6. The first kappa shape index (κ1) is 18.2. The average Bonchev–Trinajstić information content (AvgIpc) is 2.58. The Labute approximate surface area is 150 Å². The molecule has 2 aromatic rings. The highest BCUT2D eigenvalue weighted by Gasteiger charge is 2.12. The maximum Gasteiger partial charge on any atom is 0.339 e. The second-order valence-corrected chi connectivity index (χ2v) is 6.34. The molecule has 128 valence electrons. The van der Waals surface area contributed by atoms with E-state index in [1.54, 1.807) is 18.3 Å². The molecule has 0 saturated heterocycles. The Morgan fingerprint density at radius 2 is 2.17 bits per heavy atom. The number of ether oxygens (including phenoxy) is 1. The minimum atomic E-state index is -0.408. The van der Waals surface area contributed by atoms with Crippen molar-refractivity contribution in [1.82, 2.24) is 9.97 Å². The summed E-state index contributed by atoms with van der Waals surface area (Å²) >= 11 is 3.34. The van der Waals surface area contributed by atoms with Crippen molar-refractivity contribution in [2.24, 2.45) is 0 Å². The molecule has 7 heteroatoms. The Morgan fingerprint density at radius 3 is 2.83 bits per heavy atom. The molecule has 1 heterocycles. The zero-order valence-electron chi connectivity index (χ0n) is 14.2. The summed E-state index contributed by atoms with van der Waals surface area (Å²) in [5.74, 6) is 0.853. The van der Waals surface area contributed by atoms with Crippen molar-refractivity contribution < 1.29 is 9.53 Å². The van der Waals surface area contributed by atoms with Crippen LogP contribution in [-0.2, 0) is 4.74 Å². The number of aryl methyl sites for hydroxylation is 1. The lowest BCUT2D eigenvalue weighted by atomic mass is 10.2. The van der Waals surface area contributed by atoms with Crippen molar-refractivity contribution in [3.8, 4) is 0 Å². The number of anilines is 3. The van der Waals surface area contributed by atoms with Gasteiger partial charge < -0.3 is 15.4 Å². The summed E-state index contributed by atoms with van der Waals surface area (Å²) in [7, 11) is 1.35. The van der Waals surface area contributed by atoms with E-state index in [1.165, 1.54) is 7.11 Å². The third kappa shape index (κ3) is 4.44. The number of esters is 1. The van der Waals surface area contributed by atoms with Gasteiger partial charge in [0.05, 0.1) is 12.7 Å². The fourth-order valence-corrected chi connectivity index (χ4v) is 2.39. The minimum absolute atomic E-state index is 0.324. The van der Waals surface area contributed by atoms with E-state index in [4.69, 9.17) is 4.74 Å². The maximum atomic E-state index is 11.8. The molecule has 1 unspecified atom stereocenters. The van der Waals surface area contributed by atoms with E-state index in [0.29, 0.717) is 27.7 Å². The van der Waals surface area contributed by atoms with Gasteiger partial charge in [-0.25, -0.2) is 9.78 Å². The largest absolute Gasteiger partial charge is 0.465 e. The molecular weight excluding hydrogens is 372 g/mol. The van der Waals surface area contributed by atoms with E-state index < -0.39 is 5.97 Å². The van der Waals surface area contributed by atoms with Crippen LogP contribution in [0.25, 0.3) is 0 Å². The van der Waals surface area contributed by atoms with E-state index in [0.717, 1.165) is 17.8 Å². The monoisotopic (exact) mass is 392 g/mol. The van der Waals surface area contributed by atoms with Crippen molar-refractivity contribution in [1.29, 1.82) is 0 Å². The SMILES string of the molecule is CCC(C)Nc1nc(Nc2ccc(Br)c(C(=O)OC)c2)ncc1C. The maximum absolute atomic E-state index is 11.8. The number of carbonyl (C=O) groups is 1. The summed E-state index contributed by atoms with van der Waals surface area (Å²) in [5.41, 5.74) is 2.12. The lowest BCUT2D eigenvalue weighted by Crippen LogP contribution is -2.16. The van der Waals surface area contributed by atoms with Crippen LogP contribution in [0.3, 0.4) is 0 Å². The summed E-state index contributed by atoms with van der Waals surface area (Å²) in [5, 5.41) is 6.48. The molecule has 0 aliphatic carbocycles. The lowest BCUT2D eigenvalue weighted by molar-refractivity contribution is 0.0599. The number of carbonyl (C=O) groups excluding carboxylic acids is 1. The number of hydrogen-bond donors (Lipinski definition) is 2. The Balaban J connectivity index is 2.25. The van der Waals surface area contributed by atoms with Crippen LogP contribution < -0.4 is 10.6 Å². The standard InChI is InChI=1S/C17H21BrN4O2/c1-5-11(3)20-15-10(2)9-19-17(22-15)21-12-6-7-14(18)13(8-12)16(23)24-4/h6-9,11H,5H2,1-4H3,(H2,19,20,21,22). The molecule has 0 aliphatic rings. The normalized spacial score (nSPS) is 11.7. The molecule has 0 spiro atoms. The van der Waals surface area contributed by atoms with Gasteiger partial charge in [0.25, 0.3) is 0 Å². The summed E-state index contributed by atoms with van der Waals surface area (Å²) in [6.07, 6.45) is 2.77. The second-order valence-electron chi connectivity index (χ2n) is 5.49. The smallest absolute Gasteiger partial charge is 0.339 e. The molecule has 0 bridgehead atoms. The first-order valence-corrected chi connectivity index (χ1v) is 8.49. The molecule has 1 atom stereocenters. The zero-order chi connectivity index (χ0) is 17.7. The predicted molar refractivity (Wildman–Crippen MR) is 98.9 cm³/mol. The van der Waals surface area contributed by atoms with E-state index in [9.17, 15) is 4.79 Å². The molecule has 0 fully saturated rings. The number of halogens is 1. The van der Waals surface area contributed by atoms with Gasteiger partial charge in [0.2, 0.25) is 5.95 Å². The molecule has 0 saturated carbocycles. The van der Waals surface area contributed by atoms with Gasteiger partial charge in [-0.05, 0) is 54.4 Å². The van der Waals surface area contributed by atoms with Crippen molar-refractivity contribution >= 4 is 39.4 Å². The van der Waals surface area contributed by atoms with Gasteiger partial charge in [0, 0.05) is 28.0 Å². The fourth-order valence-electron chi connectivity index (χ4n) is 1.98. The molecule has 0 amide bonds. The van der Waals surface area contributed by atoms with Gasteiger partial charge in [-0.15, -0.1) is 0 Å². The molecule has 1 aromatic heterocycles. The molecule has 6 nitrogen and oxygen atoms in total. The Bertz CT molecular complexity index is 737. The third-order valence-corrected chi connectivity index (χ3v) is 4.29. The average molecular weight is 393 g/mol. The molecule has 0 aliphatic heterocycles. The van der Waals surface area contributed by atoms with Crippen LogP contribution in [0.4, 0.5) is 17.5 Å². The fraction of sp³-hybridized carbons (Fsp3) is 0.353. The minimum Gasteiger partial charge on any atom is -0.465 e. The third-order valence-electron chi connectivity index (χ3n) is 3.60. The van der Waals surface area contributed by atoms with Crippen molar-refractivity contribution in [2.45, 2.75) is 33.2 Å². The first-order chi connectivity index (χ1) is 11.4. The van der Waals surface area contributed by atoms with Crippen LogP contribution in [-0.4, -0.2) is 29.1 Å². The number of benzene rings is 1. The number of hydrogen-bond acceptors (Lipinski definition) is 6. The van der Waals surface area contributed by atoms with Gasteiger partial charge in [-0.2, -0.15) is 4.98 Å². The van der Waals surface area contributed by atoms with Crippen LogP contribution in [0.1, 0.15) is 36.2 Å².